The van der Waals surface area contributed by atoms with E-state index in [4.69, 9.17) is 0 Å². The Morgan fingerprint density at radius 1 is 0.577 bits per heavy atom. The minimum Gasteiger partial charge on any atom is -0.0610 e. The average molecular weight is 466 g/mol. The van der Waals surface area contributed by atoms with Crippen molar-refractivity contribution in [1.29, 1.82) is 0 Å². The topological polar surface area (TPSA) is 0 Å². The Hall–Kier alpha value is -1.64. The zero-order chi connectivity index (χ0) is 18.2. The lowest BCUT2D eigenvalue weighted by molar-refractivity contribution is 0.592. The van der Waals surface area contributed by atoms with E-state index in [0.29, 0.717) is 0 Å². The van der Waals surface area contributed by atoms with Crippen LogP contribution in [0.25, 0.3) is 43.1 Å². The second-order valence-electron chi connectivity index (χ2n) is 8.11. The Morgan fingerprint density at radius 2 is 1.08 bits per heavy atom. The highest BCUT2D eigenvalue weighted by Gasteiger charge is 2.20. The van der Waals surface area contributed by atoms with Crippen LogP contribution in [0.1, 0.15) is 26.3 Å². The number of hydrogen-bond donors (Lipinski definition) is 0. The summed E-state index contributed by atoms with van der Waals surface area (Å²) < 4.78 is 2.32. The molecule has 0 spiro atoms. The standard InChI is InChI=1S/C24H18Br2/c1-24(2,3)13-11-18-14-5-4-6-17-20(25)9-7-15(22(14)17)16-8-10-21(26)19(12-13)23(16)18/h4-12H,1-3H3. The second kappa shape index (κ2) is 5.43. The summed E-state index contributed by atoms with van der Waals surface area (Å²) in [6, 6.07) is 20.3. The van der Waals surface area contributed by atoms with Crippen LogP contribution in [0.5, 0.6) is 0 Å². The maximum atomic E-state index is 3.80. The van der Waals surface area contributed by atoms with Gasteiger partial charge in [0.25, 0.3) is 0 Å². The smallest absolute Gasteiger partial charge is 0.0254 e. The molecule has 0 aliphatic heterocycles. The Balaban J connectivity index is 2.18. The van der Waals surface area contributed by atoms with Crippen LogP contribution in [0.3, 0.4) is 0 Å². The molecule has 0 atom stereocenters. The minimum absolute atomic E-state index is 0.103. The lowest BCUT2D eigenvalue weighted by atomic mass is 9.82. The van der Waals surface area contributed by atoms with Crippen LogP contribution in [0, 0.1) is 0 Å². The summed E-state index contributed by atoms with van der Waals surface area (Å²) in [5.74, 6) is 0. The molecule has 2 heteroatoms. The summed E-state index contributed by atoms with van der Waals surface area (Å²) >= 11 is 7.55. The molecule has 0 radical (unpaired) electrons. The number of rotatable bonds is 0. The molecule has 0 N–H and O–H groups in total. The predicted octanol–water partition coefficient (Wildman–Crippen LogP) is 8.56. The Bertz CT molecular complexity index is 1320. The molecule has 0 aromatic heterocycles. The molecule has 0 amide bonds. The van der Waals surface area contributed by atoms with Gasteiger partial charge in [-0.3, -0.25) is 0 Å². The van der Waals surface area contributed by atoms with Gasteiger partial charge in [-0.05, 0) is 78.3 Å². The summed E-state index contributed by atoms with van der Waals surface area (Å²) in [6.07, 6.45) is 0. The second-order valence-corrected chi connectivity index (χ2v) is 9.82. The van der Waals surface area contributed by atoms with Crippen LogP contribution >= 0.6 is 31.9 Å². The van der Waals surface area contributed by atoms with E-state index >= 15 is 0 Å². The number of fused-ring (bicyclic) bond motifs is 2. The van der Waals surface area contributed by atoms with Crippen molar-refractivity contribution in [2.75, 3.05) is 0 Å². The van der Waals surface area contributed by atoms with Gasteiger partial charge in [0.15, 0.2) is 0 Å². The fourth-order valence-corrected chi connectivity index (χ4v) is 5.05. The summed E-state index contributed by atoms with van der Waals surface area (Å²) in [7, 11) is 0. The van der Waals surface area contributed by atoms with Gasteiger partial charge in [0, 0.05) is 8.95 Å². The van der Waals surface area contributed by atoms with Gasteiger partial charge in [-0.25, -0.2) is 0 Å². The largest absolute Gasteiger partial charge is 0.0610 e. The summed E-state index contributed by atoms with van der Waals surface area (Å²) in [5.41, 5.74) is 1.47. The van der Waals surface area contributed by atoms with Crippen molar-refractivity contribution in [3.63, 3.8) is 0 Å². The van der Waals surface area contributed by atoms with Crippen molar-refractivity contribution in [2.24, 2.45) is 0 Å². The first-order chi connectivity index (χ1) is 12.4. The minimum atomic E-state index is 0.103. The maximum absolute atomic E-state index is 3.80. The van der Waals surface area contributed by atoms with Crippen molar-refractivity contribution in [3.8, 4) is 0 Å². The van der Waals surface area contributed by atoms with Crippen LogP contribution in [0.4, 0.5) is 0 Å². The number of benzene rings is 5. The van der Waals surface area contributed by atoms with Crippen molar-refractivity contribution in [2.45, 2.75) is 26.2 Å². The van der Waals surface area contributed by atoms with Gasteiger partial charge in [0.2, 0.25) is 0 Å². The molecule has 0 heterocycles. The van der Waals surface area contributed by atoms with E-state index in [1.165, 1.54) is 48.7 Å². The van der Waals surface area contributed by atoms with E-state index < -0.39 is 0 Å². The molecule has 26 heavy (non-hydrogen) atoms. The highest BCUT2D eigenvalue weighted by Crippen LogP contribution is 2.45. The first-order valence-corrected chi connectivity index (χ1v) is 10.4. The van der Waals surface area contributed by atoms with Crippen LogP contribution in [0.2, 0.25) is 0 Å². The normalized spacial score (nSPS) is 12.8. The van der Waals surface area contributed by atoms with Crippen molar-refractivity contribution in [1.82, 2.24) is 0 Å². The first-order valence-electron chi connectivity index (χ1n) is 8.85. The first kappa shape index (κ1) is 16.5. The third kappa shape index (κ3) is 2.18. The van der Waals surface area contributed by atoms with Crippen LogP contribution in [0.15, 0.2) is 63.5 Å². The van der Waals surface area contributed by atoms with E-state index in [9.17, 15) is 0 Å². The molecule has 0 aliphatic carbocycles. The van der Waals surface area contributed by atoms with Gasteiger partial charge in [0.1, 0.15) is 0 Å². The average Bonchev–Trinajstić information content (AvgIpc) is 2.61. The molecule has 5 rings (SSSR count). The quantitative estimate of drug-likeness (QED) is 0.158. The Morgan fingerprint density at radius 3 is 1.73 bits per heavy atom. The Labute approximate surface area is 169 Å². The SMILES string of the molecule is CC(C)(C)c1cc2c(Br)ccc3c4ccc(Br)c5cccc(c(c1)c23)c54. The molecule has 0 fully saturated rings. The van der Waals surface area contributed by atoms with Crippen molar-refractivity contribution < 1.29 is 0 Å². The van der Waals surface area contributed by atoms with Gasteiger partial charge in [-0.15, -0.1) is 0 Å². The molecular formula is C24H18Br2. The summed E-state index contributed by atoms with van der Waals surface area (Å²) in [5, 5.41) is 10.6. The lowest BCUT2D eigenvalue weighted by Gasteiger charge is -2.23. The van der Waals surface area contributed by atoms with Crippen molar-refractivity contribution in [3.05, 3.63) is 69.1 Å². The molecule has 0 bridgehead atoms. The molecule has 0 aliphatic rings. The van der Waals surface area contributed by atoms with E-state index in [-0.39, 0.29) is 5.41 Å². The molecular weight excluding hydrogens is 448 g/mol. The van der Waals surface area contributed by atoms with Gasteiger partial charge >= 0.3 is 0 Å². The third-order valence-electron chi connectivity index (χ3n) is 5.50. The molecule has 0 saturated heterocycles. The van der Waals surface area contributed by atoms with Gasteiger partial charge in [0.05, 0.1) is 0 Å². The molecule has 5 aromatic rings. The van der Waals surface area contributed by atoms with E-state index in [1.807, 2.05) is 0 Å². The molecule has 128 valence electrons. The maximum Gasteiger partial charge on any atom is 0.0254 e. The van der Waals surface area contributed by atoms with Crippen LogP contribution < -0.4 is 0 Å². The van der Waals surface area contributed by atoms with E-state index in [2.05, 4.69) is 107 Å². The van der Waals surface area contributed by atoms with Gasteiger partial charge in [-0.1, -0.05) is 83.0 Å². The number of hydrogen-bond acceptors (Lipinski definition) is 0. The zero-order valence-corrected chi connectivity index (χ0v) is 18.1. The third-order valence-corrected chi connectivity index (χ3v) is 6.88. The highest BCUT2D eigenvalue weighted by molar-refractivity contribution is 9.11. The fourth-order valence-electron chi connectivity index (χ4n) is 4.14. The van der Waals surface area contributed by atoms with Crippen LogP contribution in [-0.4, -0.2) is 0 Å². The predicted molar refractivity (Wildman–Crippen MR) is 122 cm³/mol. The van der Waals surface area contributed by atoms with Crippen molar-refractivity contribution >= 4 is 74.9 Å². The highest BCUT2D eigenvalue weighted by atomic mass is 79.9. The molecule has 0 unspecified atom stereocenters. The Kier molecular flexibility index (Phi) is 3.45. The fraction of sp³-hybridized carbons (Fsp3) is 0.167. The number of halogens is 2. The molecule has 0 nitrogen and oxygen atoms in total. The van der Waals surface area contributed by atoms with Gasteiger partial charge < -0.3 is 0 Å². The van der Waals surface area contributed by atoms with E-state index in [1.54, 1.807) is 0 Å². The summed E-state index contributed by atoms with van der Waals surface area (Å²) in [6.45, 7) is 6.85. The van der Waals surface area contributed by atoms with E-state index in [0.717, 1.165) is 8.95 Å². The zero-order valence-electron chi connectivity index (χ0n) is 15.0. The van der Waals surface area contributed by atoms with Crippen LogP contribution in [-0.2, 0) is 5.41 Å². The monoisotopic (exact) mass is 464 g/mol. The molecule has 0 saturated carbocycles. The lowest BCUT2D eigenvalue weighted by Crippen LogP contribution is -2.11. The summed E-state index contributed by atoms with van der Waals surface area (Å²) in [4.78, 5) is 0. The molecule has 5 aromatic carbocycles. The van der Waals surface area contributed by atoms with Gasteiger partial charge in [-0.2, -0.15) is 0 Å².